The van der Waals surface area contributed by atoms with Crippen molar-refractivity contribution in [3.05, 3.63) is 11.3 Å². The third-order valence-corrected chi connectivity index (χ3v) is 3.23. The predicted molar refractivity (Wildman–Crippen MR) is 63.5 cm³/mol. The summed E-state index contributed by atoms with van der Waals surface area (Å²) >= 11 is 0. The molecule has 2 rings (SSSR count). The first kappa shape index (κ1) is 11.9. The van der Waals surface area contributed by atoms with Crippen LogP contribution in [0.2, 0.25) is 0 Å². The number of anilines is 1. The molecule has 0 spiro atoms. The molecule has 17 heavy (non-hydrogen) atoms. The van der Waals surface area contributed by atoms with Crippen molar-refractivity contribution in [2.24, 2.45) is 0 Å². The highest BCUT2D eigenvalue weighted by Gasteiger charge is 2.23. The number of aliphatic hydroxyl groups is 1. The van der Waals surface area contributed by atoms with Gasteiger partial charge in [-0.25, -0.2) is 0 Å². The van der Waals surface area contributed by atoms with Gasteiger partial charge in [-0.05, 0) is 32.6 Å². The van der Waals surface area contributed by atoms with E-state index in [2.05, 4.69) is 15.5 Å². The first-order chi connectivity index (χ1) is 8.08. The summed E-state index contributed by atoms with van der Waals surface area (Å²) in [7, 11) is 0. The van der Waals surface area contributed by atoms with Crippen LogP contribution in [0, 0.1) is 6.92 Å². The van der Waals surface area contributed by atoms with Crippen LogP contribution in [0.1, 0.15) is 41.7 Å². The zero-order valence-corrected chi connectivity index (χ0v) is 9.86. The minimum atomic E-state index is -0.219. The lowest BCUT2D eigenvalue weighted by Gasteiger charge is -2.26. The first-order valence-corrected chi connectivity index (χ1v) is 5.87. The standard InChI is InChI=1S/C11H18N4O2/c1-6-9(10(12)15-14-6)11(17)13-7-2-4-8(16)5-3-7/h7-8,16H,2-5H2,1H3,(H,13,17)(H3,12,14,15). The van der Waals surface area contributed by atoms with Crippen molar-refractivity contribution in [1.82, 2.24) is 15.5 Å². The van der Waals surface area contributed by atoms with Crippen LogP contribution in [0.4, 0.5) is 5.82 Å². The predicted octanol–water partition coefficient (Wildman–Crippen LogP) is 0.334. The van der Waals surface area contributed by atoms with Crippen LogP contribution in [0.5, 0.6) is 0 Å². The molecule has 1 aliphatic rings. The number of carbonyl (C=O) groups is 1. The number of nitrogen functional groups attached to an aromatic ring is 1. The number of carbonyl (C=O) groups excluding carboxylic acids is 1. The number of nitrogens with zero attached hydrogens (tertiary/aromatic N) is 1. The number of hydrogen-bond acceptors (Lipinski definition) is 4. The van der Waals surface area contributed by atoms with E-state index in [1.165, 1.54) is 0 Å². The highest BCUT2D eigenvalue weighted by atomic mass is 16.3. The third-order valence-electron chi connectivity index (χ3n) is 3.23. The normalized spacial score (nSPS) is 24.6. The molecule has 1 fully saturated rings. The second-order valence-corrected chi connectivity index (χ2v) is 4.59. The van der Waals surface area contributed by atoms with E-state index in [-0.39, 0.29) is 23.9 Å². The molecule has 6 nitrogen and oxygen atoms in total. The summed E-state index contributed by atoms with van der Waals surface area (Å²) in [6, 6.07) is 0.125. The van der Waals surface area contributed by atoms with E-state index in [0.717, 1.165) is 25.7 Å². The lowest BCUT2D eigenvalue weighted by Crippen LogP contribution is -2.38. The lowest BCUT2D eigenvalue weighted by molar-refractivity contribution is 0.0868. The van der Waals surface area contributed by atoms with E-state index in [1.54, 1.807) is 6.92 Å². The van der Waals surface area contributed by atoms with E-state index >= 15 is 0 Å². The Morgan fingerprint density at radius 1 is 1.47 bits per heavy atom. The Morgan fingerprint density at radius 3 is 2.65 bits per heavy atom. The molecule has 0 aliphatic heterocycles. The average Bonchev–Trinajstić information content (AvgIpc) is 2.62. The summed E-state index contributed by atoms with van der Waals surface area (Å²) in [4.78, 5) is 12.0. The Morgan fingerprint density at radius 2 is 2.12 bits per heavy atom. The van der Waals surface area contributed by atoms with Crippen LogP contribution < -0.4 is 11.1 Å². The van der Waals surface area contributed by atoms with Crippen molar-refractivity contribution in [1.29, 1.82) is 0 Å². The fraction of sp³-hybridized carbons (Fsp3) is 0.636. The van der Waals surface area contributed by atoms with Gasteiger partial charge >= 0.3 is 0 Å². The number of aromatic nitrogens is 2. The molecule has 0 radical (unpaired) electrons. The van der Waals surface area contributed by atoms with Crippen molar-refractivity contribution in [3.63, 3.8) is 0 Å². The van der Waals surface area contributed by atoms with Crippen LogP contribution in [0.3, 0.4) is 0 Å². The highest BCUT2D eigenvalue weighted by molar-refractivity contribution is 5.99. The SMILES string of the molecule is Cc1[nH]nc(N)c1C(=O)NC1CCC(O)CC1. The number of nitrogens with two attached hydrogens (primary N) is 1. The van der Waals surface area contributed by atoms with Gasteiger partial charge in [0, 0.05) is 11.7 Å². The Hall–Kier alpha value is -1.56. The molecular formula is C11H18N4O2. The summed E-state index contributed by atoms with van der Waals surface area (Å²) in [6.07, 6.45) is 2.88. The minimum Gasteiger partial charge on any atom is -0.393 e. The van der Waals surface area contributed by atoms with Crippen molar-refractivity contribution in [2.75, 3.05) is 5.73 Å². The Labute approximate surface area is 99.6 Å². The van der Waals surface area contributed by atoms with Gasteiger partial charge in [-0.15, -0.1) is 0 Å². The Kier molecular flexibility index (Phi) is 3.33. The molecule has 0 bridgehead atoms. The zero-order valence-electron chi connectivity index (χ0n) is 9.86. The van der Waals surface area contributed by atoms with E-state index in [0.29, 0.717) is 11.3 Å². The Balaban J connectivity index is 1.98. The van der Waals surface area contributed by atoms with E-state index in [4.69, 9.17) is 5.73 Å². The summed E-state index contributed by atoms with van der Waals surface area (Å²) in [6.45, 7) is 1.77. The molecular weight excluding hydrogens is 220 g/mol. The van der Waals surface area contributed by atoms with Gasteiger partial charge in [0.15, 0.2) is 5.82 Å². The number of aryl methyl sites for hydroxylation is 1. The smallest absolute Gasteiger partial charge is 0.257 e. The Bertz CT molecular complexity index is 388. The molecule has 0 aromatic carbocycles. The third kappa shape index (κ3) is 2.58. The maximum atomic E-state index is 12.0. The van der Waals surface area contributed by atoms with Gasteiger partial charge in [-0.1, -0.05) is 0 Å². The molecule has 1 aromatic rings. The van der Waals surface area contributed by atoms with Crippen molar-refractivity contribution >= 4 is 11.7 Å². The van der Waals surface area contributed by atoms with Gasteiger partial charge in [-0.2, -0.15) is 5.10 Å². The lowest BCUT2D eigenvalue weighted by atomic mass is 9.93. The molecule has 5 N–H and O–H groups in total. The molecule has 1 saturated carbocycles. The van der Waals surface area contributed by atoms with Crippen LogP contribution >= 0.6 is 0 Å². The number of H-pyrrole nitrogens is 1. The molecule has 1 heterocycles. The quantitative estimate of drug-likeness (QED) is 0.596. The molecule has 0 saturated heterocycles. The van der Waals surface area contributed by atoms with Gasteiger partial charge in [0.25, 0.3) is 5.91 Å². The minimum absolute atomic E-state index is 0.125. The van der Waals surface area contributed by atoms with Crippen molar-refractivity contribution in [2.45, 2.75) is 44.8 Å². The number of rotatable bonds is 2. The topological polar surface area (TPSA) is 104 Å². The summed E-state index contributed by atoms with van der Waals surface area (Å²) in [5.41, 5.74) is 6.73. The highest BCUT2D eigenvalue weighted by Crippen LogP contribution is 2.19. The second-order valence-electron chi connectivity index (χ2n) is 4.59. The molecule has 1 aromatic heterocycles. The molecule has 6 heteroatoms. The number of amides is 1. The van der Waals surface area contributed by atoms with E-state index in [1.807, 2.05) is 0 Å². The number of aromatic amines is 1. The van der Waals surface area contributed by atoms with Gasteiger partial charge in [-0.3, -0.25) is 9.89 Å². The number of hydrogen-bond donors (Lipinski definition) is 4. The van der Waals surface area contributed by atoms with Crippen LogP contribution in [-0.2, 0) is 0 Å². The summed E-state index contributed by atoms with van der Waals surface area (Å²) < 4.78 is 0. The van der Waals surface area contributed by atoms with Crippen LogP contribution in [0.25, 0.3) is 0 Å². The van der Waals surface area contributed by atoms with Crippen molar-refractivity contribution < 1.29 is 9.90 Å². The molecule has 1 aliphatic carbocycles. The second kappa shape index (κ2) is 4.75. The maximum Gasteiger partial charge on any atom is 0.257 e. The maximum absolute atomic E-state index is 12.0. The largest absolute Gasteiger partial charge is 0.393 e. The fourth-order valence-corrected chi connectivity index (χ4v) is 2.21. The molecule has 0 unspecified atom stereocenters. The average molecular weight is 238 g/mol. The van der Waals surface area contributed by atoms with Gasteiger partial charge in [0.05, 0.1) is 6.10 Å². The van der Waals surface area contributed by atoms with E-state index in [9.17, 15) is 9.90 Å². The first-order valence-electron chi connectivity index (χ1n) is 5.87. The molecule has 94 valence electrons. The van der Waals surface area contributed by atoms with Gasteiger partial charge in [0.1, 0.15) is 5.56 Å². The van der Waals surface area contributed by atoms with Gasteiger partial charge < -0.3 is 16.2 Å². The number of nitrogens with one attached hydrogen (secondary N) is 2. The monoisotopic (exact) mass is 238 g/mol. The summed E-state index contributed by atoms with van der Waals surface area (Å²) in [5.74, 6) is 0.0472. The van der Waals surface area contributed by atoms with Crippen molar-refractivity contribution in [3.8, 4) is 0 Å². The molecule has 1 amide bonds. The van der Waals surface area contributed by atoms with Gasteiger partial charge in [0.2, 0.25) is 0 Å². The van der Waals surface area contributed by atoms with Crippen LogP contribution in [-0.4, -0.2) is 33.4 Å². The number of aliphatic hydroxyl groups excluding tert-OH is 1. The van der Waals surface area contributed by atoms with Crippen LogP contribution in [0.15, 0.2) is 0 Å². The van der Waals surface area contributed by atoms with E-state index < -0.39 is 0 Å². The molecule has 0 atom stereocenters. The fourth-order valence-electron chi connectivity index (χ4n) is 2.21. The zero-order chi connectivity index (χ0) is 12.4. The summed E-state index contributed by atoms with van der Waals surface area (Å²) in [5, 5.41) is 18.8.